The summed E-state index contributed by atoms with van der Waals surface area (Å²) in [4.78, 5) is 33.6. The Hall–Kier alpha value is -3.02. The van der Waals surface area contributed by atoms with Gasteiger partial charge in [0, 0.05) is 17.3 Å². The molecule has 0 radical (unpaired) electrons. The highest BCUT2D eigenvalue weighted by atomic mass is 16.6. The van der Waals surface area contributed by atoms with Crippen molar-refractivity contribution in [2.45, 2.75) is 6.92 Å². The van der Waals surface area contributed by atoms with Crippen molar-refractivity contribution in [2.24, 2.45) is 0 Å². The summed E-state index contributed by atoms with van der Waals surface area (Å²) >= 11 is 0. The molecule has 0 aromatic heterocycles. The number of nitrogens with one attached hydrogen (secondary N) is 1. The molecule has 0 unspecified atom stereocenters. The summed E-state index contributed by atoms with van der Waals surface area (Å²) in [5.74, 6) is -0.685. The molecule has 0 atom stereocenters. The minimum Gasteiger partial charge on any atom is -0.322 e. The third-order valence-corrected chi connectivity index (χ3v) is 2.90. The number of aldehydes is 1. The van der Waals surface area contributed by atoms with Crippen LogP contribution in [0.1, 0.15) is 26.3 Å². The molecule has 0 aliphatic rings. The zero-order chi connectivity index (χ0) is 15.4. The van der Waals surface area contributed by atoms with Crippen molar-refractivity contribution in [3.8, 4) is 0 Å². The van der Waals surface area contributed by atoms with E-state index >= 15 is 0 Å². The second-order valence-electron chi connectivity index (χ2n) is 4.44. The van der Waals surface area contributed by atoms with Gasteiger partial charge in [0.2, 0.25) is 0 Å². The lowest BCUT2D eigenvalue weighted by Gasteiger charge is -2.08. The highest BCUT2D eigenvalue weighted by molar-refractivity contribution is 6.11. The van der Waals surface area contributed by atoms with Crippen LogP contribution >= 0.6 is 0 Å². The zero-order valence-corrected chi connectivity index (χ0v) is 11.2. The number of benzene rings is 2. The maximum atomic E-state index is 12.3. The highest BCUT2D eigenvalue weighted by Crippen LogP contribution is 2.23. The van der Waals surface area contributed by atoms with Crippen LogP contribution in [0.5, 0.6) is 0 Å². The van der Waals surface area contributed by atoms with Gasteiger partial charge in [0.25, 0.3) is 11.6 Å². The van der Waals surface area contributed by atoms with E-state index in [1.807, 2.05) is 13.0 Å². The molecule has 0 aliphatic carbocycles. The Bertz CT molecular complexity index is 725. The lowest BCUT2D eigenvalue weighted by molar-refractivity contribution is -0.385. The van der Waals surface area contributed by atoms with Crippen LogP contribution < -0.4 is 5.32 Å². The number of nitro groups is 1. The second kappa shape index (κ2) is 5.96. The normalized spacial score (nSPS) is 9.95. The summed E-state index contributed by atoms with van der Waals surface area (Å²) in [6, 6.07) is 10.9. The first-order chi connectivity index (χ1) is 10.0. The number of hydrogen-bond donors (Lipinski definition) is 1. The van der Waals surface area contributed by atoms with Crippen molar-refractivity contribution in [3.63, 3.8) is 0 Å². The van der Waals surface area contributed by atoms with Gasteiger partial charge in [-0.1, -0.05) is 24.3 Å². The topological polar surface area (TPSA) is 89.3 Å². The zero-order valence-electron chi connectivity index (χ0n) is 11.2. The smallest absolute Gasteiger partial charge is 0.282 e. The molecule has 1 N–H and O–H groups in total. The number of aryl methyl sites for hydroxylation is 1. The van der Waals surface area contributed by atoms with Crippen LogP contribution in [-0.2, 0) is 0 Å². The fourth-order valence-electron chi connectivity index (χ4n) is 1.97. The van der Waals surface area contributed by atoms with E-state index in [2.05, 4.69) is 5.32 Å². The molecule has 2 aromatic carbocycles. The van der Waals surface area contributed by atoms with Gasteiger partial charge in [-0.05, 0) is 24.6 Å². The van der Waals surface area contributed by atoms with Crippen molar-refractivity contribution in [1.82, 2.24) is 0 Å². The van der Waals surface area contributed by atoms with Crippen molar-refractivity contribution in [1.29, 1.82) is 0 Å². The van der Waals surface area contributed by atoms with E-state index in [1.54, 1.807) is 18.2 Å². The first-order valence-electron chi connectivity index (χ1n) is 6.13. The largest absolute Gasteiger partial charge is 0.322 e. The van der Waals surface area contributed by atoms with E-state index in [-0.39, 0.29) is 11.1 Å². The van der Waals surface area contributed by atoms with E-state index in [1.165, 1.54) is 18.2 Å². The summed E-state index contributed by atoms with van der Waals surface area (Å²) < 4.78 is 0. The Morgan fingerprint density at radius 3 is 2.57 bits per heavy atom. The predicted octanol–water partition coefficient (Wildman–Crippen LogP) is 2.97. The highest BCUT2D eigenvalue weighted by Gasteiger charge is 2.23. The lowest BCUT2D eigenvalue weighted by atomic mass is 10.1. The summed E-state index contributed by atoms with van der Waals surface area (Å²) in [6.07, 6.45) is 0.429. The number of amides is 1. The monoisotopic (exact) mass is 284 g/mol. The molecule has 0 saturated carbocycles. The van der Waals surface area contributed by atoms with Crippen LogP contribution in [0, 0.1) is 17.0 Å². The Balaban J connectivity index is 2.43. The molecule has 2 aromatic rings. The lowest BCUT2D eigenvalue weighted by Crippen LogP contribution is -2.16. The van der Waals surface area contributed by atoms with E-state index in [0.717, 1.165) is 5.56 Å². The average molecular weight is 284 g/mol. The Labute approximate surface area is 120 Å². The summed E-state index contributed by atoms with van der Waals surface area (Å²) in [5, 5.41) is 13.6. The van der Waals surface area contributed by atoms with Crippen molar-refractivity contribution in [2.75, 3.05) is 5.32 Å². The van der Waals surface area contributed by atoms with E-state index in [0.29, 0.717) is 12.0 Å². The van der Waals surface area contributed by atoms with Crippen LogP contribution in [0.15, 0.2) is 42.5 Å². The van der Waals surface area contributed by atoms with Gasteiger partial charge in [-0.3, -0.25) is 19.7 Å². The van der Waals surface area contributed by atoms with Gasteiger partial charge in [-0.25, -0.2) is 0 Å². The van der Waals surface area contributed by atoms with Crippen molar-refractivity contribution < 1.29 is 14.5 Å². The molecule has 0 fully saturated rings. The molecule has 0 saturated heterocycles. The van der Waals surface area contributed by atoms with Crippen molar-refractivity contribution in [3.05, 3.63) is 69.3 Å². The number of hydrogen-bond acceptors (Lipinski definition) is 4. The number of anilines is 1. The second-order valence-corrected chi connectivity index (χ2v) is 4.44. The standard InChI is InChI=1S/C15H12N2O4/c1-10-4-2-6-12(8-10)16-15(19)14-11(9-18)5-3-7-13(14)17(20)21/h2-9H,1H3,(H,16,19). The number of carbonyl (C=O) groups excluding carboxylic acids is 2. The minimum atomic E-state index is -0.685. The third kappa shape index (κ3) is 3.11. The quantitative estimate of drug-likeness (QED) is 0.531. The number of rotatable bonds is 4. The molecule has 2 rings (SSSR count). The van der Waals surface area contributed by atoms with Crippen LogP contribution in [0.25, 0.3) is 0 Å². The number of nitrogens with zero attached hydrogens (tertiary/aromatic N) is 1. The molecular formula is C15H12N2O4. The van der Waals surface area contributed by atoms with Gasteiger partial charge in [0.1, 0.15) is 5.56 Å². The van der Waals surface area contributed by atoms with Gasteiger partial charge in [-0.15, -0.1) is 0 Å². The summed E-state index contributed by atoms with van der Waals surface area (Å²) in [6.45, 7) is 1.86. The fraction of sp³-hybridized carbons (Fsp3) is 0.0667. The molecule has 6 nitrogen and oxygen atoms in total. The van der Waals surface area contributed by atoms with Crippen LogP contribution in [0.2, 0.25) is 0 Å². The summed E-state index contributed by atoms with van der Waals surface area (Å²) in [7, 11) is 0. The van der Waals surface area contributed by atoms with Gasteiger partial charge in [-0.2, -0.15) is 0 Å². The third-order valence-electron chi connectivity index (χ3n) is 2.90. The SMILES string of the molecule is Cc1cccc(NC(=O)c2c(C=O)cccc2[N+](=O)[O-])c1. The first kappa shape index (κ1) is 14.4. The average Bonchev–Trinajstić information content (AvgIpc) is 2.46. The van der Waals surface area contributed by atoms with Crippen molar-refractivity contribution >= 4 is 23.6 Å². The number of carbonyl (C=O) groups is 2. The molecule has 0 heterocycles. The maximum absolute atomic E-state index is 12.3. The molecule has 6 heteroatoms. The molecule has 0 aliphatic heterocycles. The Kier molecular flexibility index (Phi) is 4.08. The van der Waals surface area contributed by atoms with Crippen LogP contribution in [0.4, 0.5) is 11.4 Å². The first-order valence-corrected chi connectivity index (χ1v) is 6.13. The summed E-state index contributed by atoms with van der Waals surface area (Å²) in [5.41, 5.74) is 0.791. The predicted molar refractivity (Wildman–Crippen MR) is 77.6 cm³/mol. The molecule has 21 heavy (non-hydrogen) atoms. The molecular weight excluding hydrogens is 272 g/mol. The molecule has 106 valence electrons. The Morgan fingerprint density at radius 1 is 1.24 bits per heavy atom. The number of nitro benzene ring substituents is 1. The van der Waals surface area contributed by atoms with Crippen LogP contribution in [-0.4, -0.2) is 17.1 Å². The van der Waals surface area contributed by atoms with Gasteiger partial charge in [0.05, 0.1) is 4.92 Å². The van der Waals surface area contributed by atoms with E-state index in [4.69, 9.17) is 0 Å². The van der Waals surface area contributed by atoms with Gasteiger partial charge < -0.3 is 5.32 Å². The maximum Gasteiger partial charge on any atom is 0.282 e. The molecule has 0 spiro atoms. The Morgan fingerprint density at radius 2 is 1.95 bits per heavy atom. The van der Waals surface area contributed by atoms with Gasteiger partial charge >= 0.3 is 0 Å². The molecule has 0 bridgehead atoms. The fourth-order valence-corrected chi connectivity index (χ4v) is 1.97. The molecule has 1 amide bonds. The minimum absolute atomic E-state index is 0.0191. The van der Waals surface area contributed by atoms with E-state index in [9.17, 15) is 19.7 Å². The van der Waals surface area contributed by atoms with Crippen LogP contribution in [0.3, 0.4) is 0 Å². The van der Waals surface area contributed by atoms with Gasteiger partial charge in [0.15, 0.2) is 6.29 Å². The van der Waals surface area contributed by atoms with E-state index < -0.39 is 16.5 Å².